The van der Waals surface area contributed by atoms with Crippen molar-refractivity contribution in [2.45, 2.75) is 13.0 Å². The zero-order valence-electron chi connectivity index (χ0n) is 15.7. The second kappa shape index (κ2) is 7.52. The molecule has 142 valence electrons. The van der Waals surface area contributed by atoms with Gasteiger partial charge in [-0.15, -0.1) is 0 Å². The van der Waals surface area contributed by atoms with Crippen molar-refractivity contribution in [2.75, 3.05) is 12.3 Å². The number of amides is 1. The molecule has 2 N–H and O–H groups in total. The van der Waals surface area contributed by atoms with Crippen LogP contribution in [0, 0.1) is 11.3 Å². The number of hydrogen-bond acceptors (Lipinski definition) is 6. The van der Waals surface area contributed by atoms with Crippen molar-refractivity contribution in [2.24, 2.45) is 0 Å². The van der Waals surface area contributed by atoms with Crippen LogP contribution >= 0.6 is 0 Å². The van der Waals surface area contributed by atoms with Gasteiger partial charge in [-0.2, -0.15) is 5.26 Å². The third kappa shape index (κ3) is 3.32. The second-order valence-corrected chi connectivity index (χ2v) is 6.68. The predicted octanol–water partition coefficient (Wildman–Crippen LogP) is 2.83. The number of aromatic nitrogens is 3. The summed E-state index contributed by atoms with van der Waals surface area (Å²) in [5.74, 6) is 0.00355. The van der Waals surface area contributed by atoms with E-state index in [1.807, 2.05) is 24.3 Å². The number of benzene rings is 1. The number of fused-ring (bicyclic) bond motifs is 1. The number of pyridine rings is 1. The quantitative estimate of drug-likeness (QED) is 0.746. The van der Waals surface area contributed by atoms with Crippen LogP contribution in [0.25, 0.3) is 17.2 Å². The fourth-order valence-electron chi connectivity index (χ4n) is 3.58. The molecule has 1 aliphatic rings. The monoisotopic (exact) mass is 382 g/mol. The van der Waals surface area contributed by atoms with Crippen LogP contribution < -0.4 is 5.73 Å². The Morgan fingerprint density at radius 2 is 2.21 bits per heavy atom. The summed E-state index contributed by atoms with van der Waals surface area (Å²) in [4.78, 5) is 27.1. The van der Waals surface area contributed by atoms with E-state index in [9.17, 15) is 10.1 Å². The molecule has 7 nitrogen and oxygen atoms in total. The molecule has 0 spiro atoms. The third-order valence-electron chi connectivity index (χ3n) is 4.97. The minimum atomic E-state index is -0.204. The van der Waals surface area contributed by atoms with E-state index in [0.717, 1.165) is 27.9 Å². The van der Waals surface area contributed by atoms with Gasteiger partial charge in [0.1, 0.15) is 23.1 Å². The van der Waals surface area contributed by atoms with E-state index in [0.29, 0.717) is 25.1 Å². The van der Waals surface area contributed by atoms with Gasteiger partial charge in [0.2, 0.25) is 0 Å². The van der Waals surface area contributed by atoms with E-state index in [1.165, 1.54) is 18.6 Å². The van der Waals surface area contributed by atoms with Crippen molar-refractivity contribution in [1.82, 2.24) is 19.9 Å². The second-order valence-electron chi connectivity index (χ2n) is 6.68. The first-order valence-electron chi connectivity index (χ1n) is 9.12. The summed E-state index contributed by atoms with van der Waals surface area (Å²) in [5.41, 5.74) is 10.8. The fourth-order valence-corrected chi connectivity index (χ4v) is 3.58. The first kappa shape index (κ1) is 18.3. The Labute approximate surface area is 168 Å². The highest BCUT2D eigenvalue weighted by Gasteiger charge is 2.28. The van der Waals surface area contributed by atoms with E-state index < -0.39 is 0 Å². The highest BCUT2D eigenvalue weighted by atomic mass is 16.2. The summed E-state index contributed by atoms with van der Waals surface area (Å²) >= 11 is 0. The minimum Gasteiger partial charge on any atom is -0.383 e. The number of nitrogen functional groups attached to an aromatic ring is 1. The molecule has 7 heteroatoms. The lowest BCUT2D eigenvalue weighted by molar-refractivity contribution is 0.0727. The van der Waals surface area contributed by atoms with E-state index in [2.05, 4.69) is 27.6 Å². The first-order valence-corrected chi connectivity index (χ1v) is 9.12. The zero-order chi connectivity index (χ0) is 20.4. The average molecular weight is 382 g/mol. The van der Waals surface area contributed by atoms with Gasteiger partial charge in [0.25, 0.3) is 5.91 Å². The Balaban J connectivity index is 1.83. The van der Waals surface area contributed by atoms with Crippen LogP contribution in [0.3, 0.4) is 0 Å². The number of carbonyl (C=O) groups is 1. The van der Waals surface area contributed by atoms with Gasteiger partial charge in [0, 0.05) is 43.0 Å². The smallest absolute Gasteiger partial charge is 0.274 e. The summed E-state index contributed by atoms with van der Waals surface area (Å²) in [6, 6.07) is 9.90. The van der Waals surface area contributed by atoms with Crippen LogP contribution in [0.4, 0.5) is 5.82 Å². The standard InChI is InChI=1S/C22H18N6O/c1-2-14-4-3-5-15(10-14)20-16(11-23)21(24)27-18-6-9-28(13-17(18)20)22(29)19-12-25-7-8-26-19/h2-5,7-8,10,12H,1,6,9,13H2,(H2,24,27). The number of anilines is 1. The van der Waals surface area contributed by atoms with Crippen molar-refractivity contribution in [3.05, 3.63) is 77.5 Å². The first-order chi connectivity index (χ1) is 14.1. The summed E-state index contributed by atoms with van der Waals surface area (Å²) < 4.78 is 0. The largest absolute Gasteiger partial charge is 0.383 e. The van der Waals surface area contributed by atoms with Crippen LogP contribution in [0.15, 0.2) is 49.4 Å². The maximum absolute atomic E-state index is 12.9. The lowest BCUT2D eigenvalue weighted by Gasteiger charge is -2.30. The lowest BCUT2D eigenvalue weighted by Crippen LogP contribution is -2.37. The molecule has 4 rings (SSSR count). The minimum absolute atomic E-state index is 0.204. The van der Waals surface area contributed by atoms with Gasteiger partial charge in [0.15, 0.2) is 0 Å². The number of carbonyl (C=O) groups excluding carboxylic acids is 1. The topological polar surface area (TPSA) is 109 Å². The molecule has 1 aliphatic heterocycles. The Morgan fingerprint density at radius 3 is 2.93 bits per heavy atom. The van der Waals surface area contributed by atoms with Gasteiger partial charge in [-0.1, -0.05) is 30.9 Å². The number of nitriles is 1. The predicted molar refractivity (Wildman–Crippen MR) is 109 cm³/mol. The number of hydrogen-bond donors (Lipinski definition) is 1. The van der Waals surface area contributed by atoms with Gasteiger partial charge >= 0.3 is 0 Å². The van der Waals surface area contributed by atoms with Crippen LogP contribution in [0.2, 0.25) is 0 Å². The normalized spacial score (nSPS) is 12.7. The molecule has 0 aliphatic carbocycles. The molecule has 0 saturated carbocycles. The number of rotatable bonds is 3. The van der Waals surface area contributed by atoms with Crippen molar-refractivity contribution in [3.8, 4) is 17.2 Å². The van der Waals surface area contributed by atoms with E-state index >= 15 is 0 Å². The lowest BCUT2D eigenvalue weighted by atomic mass is 9.90. The van der Waals surface area contributed by atoms with Gasteiger partial charge in [-0.05, 0) is 17.2 Å². The van der Waals surface area contributed by atoms with Gasteiger partial charge in [-0.25, -0.2) is 9.97 Å². The van der Waals surface area contributed by atoms with Crippen molar-refractivity contribution in [3.63, 3.8) is 0 Å². The Hall–Kier alpha value is -4.05. The SMILES string of the molecule is C=Cc1cccc(-c2c(C#N)c(N)nc3c2CN(C(=O)c2cnccn2)CC3)c1. The summed E-state index contributed by atoms with van der Waals surface area (Å²) in [5, 5.41) is 9.75. The molecule has 0 saturated heterocycles. The van der Waals surface area contributed by atoms with E-state index in [4.69, 9.17) is 5.73 Å². The van der Waals surface area contributed by atoms with Gasteiger partial charge < -0.3 is 10.6 Å². The van der Waals surface area contributed by atoms with Crippen LogP contribution in [-0.2, 0) is 13.0 Å². The van der Waals surface area contributed by atoms with E-state index in [-0.39, 0.29) is 17.4 Å². The maximum Gasteiger partial charge on any atom is 0.274 e. The Kier molecular flexibility index (Phi) is 4.75. The van der Waals surface area contributed by atoms with Gasteiger partial charge in [0.05, 0.1) is 11.9 Å². The summed E-state index contributed by atoms with van der Waals surface area (Å²) in [7, 11) is 0. The average Bonchev–Trinajstić information content (AvgIpc) is 2.78. The molecule has 1 amide bonds. The summed E-state index contributed by atoms with van der Waals surface area (Å²) in [6.45, 7) is 4.63. The van der Waals surface area contributed by atoms with Crippen molar-refractivity contribution < 1.29 is 4.79 Å². The van der Waals surface area contributed by atoms with Crippen LogP contribution in [0.5, 0.6) is 0 Å². The van der Waals surface area contributed by atoms with Crippen molar-refractivity contribution >= 4 is 17.8 Å². The highest BCUT2D eigenvalue weighted by Crippen LogP contribution is 2.35. The summed E-state index contributed by atoms with van der Waals surface area (Å²) in [6.07, 6.45) is 6.77. The maximum atomic E-state index is 12.9. The van der Waals surface area contributed by atoms with Gasteiger partial charge in [-0.3, -0.25) is 9.78 Å². The van der Waals surface area contributed by atoms with Crippen molar-refractivity contribution in [1.29, 1.82) is 5.26 Å². The zero-order valence-corrected chi connectivity index (χ0v) is 15.7. The van der Waals surface area contributed by atoms with Crippen LogP contribution in [-0.4, -0.2) is 32.3 Å². The number of nitrogens with two attached hydrogens (primary N) is 1. The molecule has 0 atom stereocenters. The molecule has 0 unspecified atom stereocenters. The molecular formula is C22H18N6O. The molecule has 2 aromatic heterocycles. The molecule has 0 fully saturated rings. The molecule has 3 heterocycles. The molecule has 29 heavy (non-hydrogen) atoms. The fraction of sp³-hybridized carbons (Fsp3) is 0.136. The van der Waals surface area contributed by atoms with E-state index in [1.54, 1.807) is 11.0 Å². The molecule has 3 aromatic rings. The molecular weight excluding hydrogens is 364 g/mol. The third-order valence-corrected chi connectivity index (χ3v) is 4.97. The Bertz CT molecular complexity index is 1150. The Morgan fingerprint density at radius 1 is 1.34 bits per heavy atom. The molecule has 0 bridgehead atoms. The highest BCUT2D eigenvalue weighted by molar-refractivity contribution is 5.92. The number of nitrogens with zero attached hydrogens (tertiary/aromatic N) is 5. The molecule has 0 radical (unpaired) electrons. The van der Waals surface area contributed by atoms with Crippen LogP contribution in [0.1, 0.15) is 32.9 Å². The molecule has 1 aromatic carbocycles.